The predicted molar refractivity (Wildman–Crippen MR) is 83.6 cm³/mol. The average Bonchev–Trinajstić information content (AvgIpc) is 2.42. The minimum atomic E-state index is 0.861. The van der Waals surface area contributed by atoms with Crippen LogP contribution in [0.5, 0.6) is 0 Å². The maximum Gasteiger partial charge on any atom is -0.0158 e. The average molecular weight is 242 g/mol. The van der Waals surface area contributed by atoms with Crippen LogP contribution in [0.3, 0.4) is 0 Å². The molecule has 1 aromatic carbocycles. The van der Waals surface area contributed by atoms with Crippen LogP contribution in [-0.4, -0.2) is 0 Å². The summed E-state index contributed by atoms with van der Waals surface area (Å²) in [5, 5.41) is 0. The Kier molecular flexibility index (Phi) is 6.49. The van der Waals surface area contributed by atoms with Gasteiger partial charge in [0.15, 0.2) is 0 Å². The van der Waals surface area contributed by atoms with E-state index in [2.05, 4.69) is 45.2 Å². The SMILES string of the molecule is C=Cc1cccc(CCC(CC)CCC)c1C=C. The molecule has 0 aromatic heterocycles. The van der Waals surface area contributed by atoms with E-state index in [9.17, 15) is 0 Å². The molecule has 18 heavy (non-hydrogen) atoms. The van der Waals surface area contributed by atoms with Gasteiger partial charge in [-0.1, -0.05) is 76.6 Å². The van der Waals surface area contributed by atoms with Crippen LogP contribution in [0.1, 0.15) is 56.2 Å². The Labute approximate surface area is 112 Å². The molecule has 0 saturated carbocycles. The second-order valence-electron chi connectivity index (χ2n) is 4.93. The molecule has 0 N–H and O–H groups in total. The Hall–Kier alpha value is -1.30. The maximum absolute atomic E-state index is 3.94. The first-order valence-electron chi connectivity index (χ1n) is 7.13. The van der Waals surface area contributed by atoms with Gasteiger partial charge in [-0.3, -0.25) is 0 Å². The number of hydrogen-bond acceptors (Lipinski definition) is 0. The van der Waals surface area contributed by atoms with Crippen molar-refractivity contribution in [1.82, 2.24) is 0 Å². The lowest BCUT2D eigenvalue weighted by Crippen LogP contribution is -2.02. The summed E-state index contributed by atoms with van der Waals surface area (Å²) in [6.07, 6.45) is 10.3. The van der Waals surface area contributed by atoms with Gasteiger partial charge in [0.2, 0.25) is 0 Å². The molecule has 1 atom stereocenters. The summed E-state index contributed by atoms with van der Waals surface area (Å²) < 4.78 is 0. The van der Waals surface area contributed by atoms with Crippen LogP contribution in [0.25, 0.3) is 12.2 Å². The summed E-state index contributed by atoms with van der Waals surface area (Å²) in [7, 11) is 0. The third-order valence-corrected chi connectivity index (χ3v) is 3.75. The fourth-order valence-electron chi connectivity index (χ4n) is 2.60. The van der Waals surface area contributed by atoms with E-state index in [0.29, 0.717) is 0 Å². The first kappa shape index (κ1) is 14.8. The smallest absolute Gasteiger partial charge is 0.0158 e. The molecule has 0 aliphatic heterocycles. The highest BCUT2D eigenvalue weighted by Gasteiger charge is 2.08. The molecule has 0 nitrogen and oxygen atoms in total. The molecule has 0 radical (unpaired) electrons. The van der Waals surface area contributed by atoms with E-state index >= 15 is 0 Å². The Morgan fingerprint density at radius 3 is 2.44 bits per heavy atom. The van der Waals surface area contributed by atoms with Gasteiger partial charge in [0.25, 0.3) is 0 Å². The Morgan fingerprint density at radius 2 is 1.89 bits per heavy atom. The van der Waals surface area contributed by atoms with Crippen LogP contribution in [0.15, 0.2) is 31.4 Å². The van der Waals surface area contributed by atoms with E-state index in [4.69, 9.17) is 0 Å². The van der Waals surface area contributed by atoms with E-state index < -0.39 is 0 Å². The van der Waals surface area contributed by atoms with Crippen LogP contribution in [0, 0.1) is 5.92 Å². The van der Waals surface area contributed by atoms with Gasteiger partial charge in [-0.15, -0.1) is 0 Å². The first-order chi connectivity index (χ1) is 8.76. The maximum atomic E-state index is 3.94. The van der Waals surface area contributed by atoms with Crippen LogP contribution >= 0.6 is 0 Å². The minimum Gasteiger partial charge on any atom is -0.0984 e. The van der Waals surface area contributed by atoms with Crippen LogP contribution in [0.2, 0.25) is 0 Å². The Bertz CT molecular complexity index is 387. The lowest BCUT2D eigenvalue weighted by Gasteiger charge is -2.15. The third-order valence-electron chi connectivity index (χ3n) is 3.75. The largest absolute Gasteiger partial charge is 0.0984 e. The molecular formula is C18H26. The molecule has 0 heteroatoms. The molecule has 98 valence electrons. The van der Waals surface area contributed by atoms with E-state index in [1.54, 1.807) is 0 Å². The van der Waals surface area contributed by atoms with Crippen molar-refractivity contribution in [2.24, 2.45) is 5.92 Å². The van der Waals surface area contributed by atoms with Crippen molar-refractivity contribution in [3.63, 3.8) is 0 Å². The zero-order chi connectivity index (χ0) is 13.4. The number of benzene rings is 1. The van der Waals surface area contributed by atoms with Gasteiger partial charge in [0.1, 0.15) is 0 Å². The number of hydrogen-bond donors (Lipinski definition) is 0. The van der Waals surface area contributed by atoms with Gasteiger partial charge in [0, 0.05) is 0 Å². The summed E-state index contributed by atoms with van der Waals surface area (Å²) in [6.45, 7) is 12.4. The van der Waals surface area contributed by atoms with Crippen molar-refractivity contribution in [3.05, 3.63) is 48.0 Å². The lowest BCUT2D eigenvalue weighted by atomic mass is 9.90. The third kappa shape index (κ3) is 3.87. The molecule has 0 fully saturated rings. The molecule has 1 unspecified atom stereocenters. The second kappa shape index (κ2) is 7.92. The summed E-state index contributed by atoms with van der Waals surface area (Å²) in [6, 6.07) is 6.46. The highest BCUT2D eigenvalue weighted by atomic mass is 14.1. The summed E-state index contributed by atoms with van der Waals surface area (Å²) >= 11 is 0. The van der Waals surface area contributed by atoms with E-state index in [1.165, 1.54) is 42.4 Å². The highest BCUT2D eigenvalue weighted by Crippen LogP contribution is 2.23. The van der Waals surface area contributed by atoms with Crippen molar-refractivity contribution < 1.29 is 0 Å². The van der Waals surface area contributed by atoms with Crippen molar-refractivity contribution in [3.8, 4) is 0 Å². The van der Waals surface area contributed by atoms with Crippen molar-refractivity contribution >= 4 is 12.2 Å². The fraction of sp³-hybridized carbons (Fsp3) is 0.444. The zero-order valence-corrected chi connectivity index (χ0v) is 11.9. The lowest BCUT2D eigenvalue weighted by molar-refractivity contribution is 0.432. The van der Waals surface area contributed by atoms with Crippen LogP contribution in [0.4, 0.5) is 0 Å². The Morgan fingerprint density at radius 1 is 1.11 bits per heavy atom. The molecule has 0 amide bonds. The normalized spacial score (nSPS) is 12.1. The monoisotopic (exact) mass is 242 g/mol. The van der Waals surface area contributed by atoms with Gasteiger partial charge in [-0.05, 0) is 35.4 Å². The summed E-state index contributed by atoms with van der Waals surface area (Å²) in [5.74, 6) is 0.861. The van der Waals surface area contributed by atoms with Gasteiger partial charge in [0.05, 0.1) is 0 Å². The number of aryl methyl sites for hydroxylation is 1. The minimum absolute atomic E-state index is 0.861. The van der Waals surface area contributed by atoms with Crippen molar-refractivity contribution in [2.45, 2.75) is 46.0 Å². The number of rotatable bonds is 8. The molecular weight excluding hydrogens is 216 g/mol. The standard InChI is InChI=1S/C18H26/c1-5-10-15(6-2)13-14-17-12-9-11-16(7-3)18(17)8-4/h7-9,11-12,15H,3-6,10,13-14H2,1-2H3. The molecule has 0 bridgehead atoms. The van der Waals surface area contributed by atoms with Gasteiger partial charge in [-0.2, -0.15) is 0 Å². The first-order valence-corrected chi connectivity index (χ1v) is 7.13. The highest BCUT2D eigenvalue weighted by molar-refractivity contribution is 5.66. The Balaban J connectivity index is 2.77. The zero-order valence-electron chi connectivity index (χ0n) is 11.9. The summed E-state index contributed by atoms with van der Waals surface area (Å²) in [4.78, 5) is 0. The van der Waals surface area contributed by atoms with Gasteiger partial charge < -0.3 is 0 Å². The van der Waals surface area contributed by atoms with Gasteiger partial charge >= 0.3 is 0 Å². The molecule has 0 aliphatic carbocycles. The second-order valence-corrected chi connectivity index (χ2v) is 4.93. The molecule has 1 aromatic rings. The van der Waals surface area contributed by atoms with Crippen LogP contribution in [-0.2, 0) is 6.42 Å². The summed E-state index contributed by atoms with van der Waals surface area (Å²) in [5.41, 5.74) is 3.88. The van der Waals surface area contributed by atoms with Gasteiger partial charge in [-0.25, -0.2) is 0 Å². The molecule has 0 heterocycles. The van der Waals surface area contributed by atoms with E-state index in [-0.39, 0.29) is 0 Å². The molecule has 0 aliphatic rings. The molecule has 0 saturated heterocycles. The quantitative estimate of drug-likeness (QED) is 0.546. The van der Waals surface area contributed by atoms with Crippen molar-refractivity contribution in [2.75, 3.05) is 0 Å². The molecule has 1 rings (SSSR count). The van der Waals surface area contributed by atoms with E-state index in [1.807, 2.05) is 12.2 Å². The van der Waals surface area contributed by atoms with Crippen molar-refractivity contribution in [1.29, 1.82) is 0 Å². The molecule has 0 spiro atoms. The predicted octanol–water partition coefficient (Wildman–Crippen LogP) is 5.73. The van der Waals surface area contributed by atoms with E-state index in [0.717, 1.165) is 12.3 Å². The topological polar surface area (TPSA) is 0 Å². The van der Waals surface area contributed by atoms with Crippen LogP contribution < -0.4 is 0 Å². The fourth-order valence-corrected chi connectivity index (χ4v) is 2.60.